The first kappa shape index (κ1) is 18.2. The molecule has 1 aromatic heterocycles. The number of hydrogen-bond donors (Lipinski definition) is 1. The lowest BCUT2D eigenvalue weighted by Gasteiger charge is -2.25. The first-order valence-corrected chi connectivity index (χ1v) is 9.60. The average molecular weight is 372 g/mol. The van der Waals surface area contributed by atoms with Gasteiger partial charge in [0.15, 0.2) is 5.89 Å². The highest BCUT2D eigenvalue weighted by atomic mass is 32.2. The topological polar surface area (TPSA) is 83.6 Å². The van der Waals surface area contributed by atoms with Crippen molar-refractivity contribution < 1.29 is 17.9 Å². The molecule has 0 saturated heterocycles. The van der Waals surface area contributed by atoms with Crippen molar-refractivity contribution in [1.82, 2.24) is 4.98 Å². The summed E-state index contributed by atoms with van der Waals surface area (Å²) in [6.07, 6.45) is 0.727. The molecular weight excluding hydrogens is 352 g/mol. The van der Waals surface area contributed by atoms with E-state index in [0.717, 1.165) is 5.56 Å². The normalized spacial score (nSPS) is 12.7. The smallest absolute Gasteiger partial charge is 0.264 e. The quantitative estimate of drug-likeness (QED) is 0.718. The van der Waals surface area contributed by atoms with Gasteiger partial charge in [-0.05, 0) is 31.2 Å². The van der Waals surface area contributed by atoms with Crippen LogP contribution in [0.25, 0.3) is 11.3 Å². The van der Waals surface area contributed by atoms with Crippen molar-refractivity contribution in [2.75, 3.05) is 10.8 Å². The van der Waals surface area contributed by atoms with Crippen molar-refractivity contribution in [3.8, 4) is 11.3 Å². The fraction of sp³-hybridized carbons (Fsp3) is 0.211. The molecule has 0 unspecified atom stereocenters. The van der Waals surface area contributed by atoms with Crippen molar-refractivity contribution >= 4 is 15.7 Å². The van der Waals surface area contributed by atoms with Gasteiger partial charge in [-0.15, -0.1) is 0 Å². The minimum absolute atomic E-state index is 0.0312. The Bertz CT molecular complexity index is 964. The highest BCUT2D eigenvalue weighted by Gasteiger charge is 2.26. The Morgan fingerprint density at radius 1 is 1.12 bits per heavy atom. The number of nitrogens with zero attached hydrogens (tertiary/aromatic N) is 2. The van der Waals surface area contributed by atoms with E-state index in [1.54, 1.807) is 50.2 Å². The van der Waals surface area contributed by atoms with E-state index in [9.17, 15) is 13.5 Å². The van der Waals surface area contributed by atoms with Gasteiger partial charge in [-0.1, -0.05) is 30.3 Å². The summed E-state index contributed by atoms with van der Waals surface area (Å²) < 4.78 is 32.6. The van der Waals surface area contributed by atoms with Crippen molar-refractivity contribution in [3.05, 3.63) is 66.8 Å². The summed E-state index contributed by atoms with van der Waals surface area (Å²) >= 11 is 0. The summed E-state index contributed by atoms with van der Waals surface area (Å²) in [6.45, 7) is 3.27. The SMILES string of the molecule is Cc1nc(-c2ccc(S(=O)(=O)N(C[C@H](C)O)c3ccccc3)cc2)co1. The molecule has 3 rings (SSSR count). The third-order valence-corrected chi connectivity index (χ3v) is 5.64. The number of aliphatic hydroxyl groups excluding tert-OH is 1. The summed E-state index contributed by atoms with van der Waals surface area (Å²) in [7, 11) is -3.81. The van der Waals surface area contributed by atoms with Gasteiger partial charge in [-0.2, -0.15) is 0 Å². The molecule has 1 N–H and O–H groups in total. The van der Waals surface area contributed by atoms with Crippen LogP contribution in [0.3, 0.4) is 0 Å². The standard InChI is InChI=1S/C19H20N2O4S/c1-14(22)12-21(17-6-4-3-5-7-17)26(23,24)18-10-8-16(9-11-18)19-13-25-15(2)20-19/h3-11,13-14,22H,12H2,1-2H3/t14-/m0/s1. The van der Waals surface area contributed by atoms with Crippen LogP contribution >= 0.6 is 0 Å². The minimum atomic E-state index is -3.81. The van der Waals surface area contributed by atoms with E-state index in [1.165, 1.54) is 22.7 Å². The van der Waals surface area contributed by atoms with E-state index in [0.29, 0.717) is 17.3 Å². The lowest BCUT2D eigenvalue weighted by molar-refractivity contribution is 0.204. The number of rotatable bonds is 6. The molecule has 1 atom stereocenters. The molecule has 0 spiro atoms. The van der Waals surface area contributed by atoms with E-state index in [2.05, 4.69) is 4.98 Å². The third-order valence-electron chi connectivity index (χ3n) is 3.83. The number of aromatic nitrogens is 1. The maximum absolute atomic E-state index is 13.1. The van der Waals surface area contributed by atoms with Crippen LogP contribution in [-0.2, 0) is 10.0 Å². The zero-order valence-electron chi connectivity index (χ0n) is 14.5. The number of para-hydroxylation sites is 1. The van der Waals surface area contributed by atoms with E-state index < -0.39 is 16.1 Å². The van der Waals surface area contributed by atoms with Gasteiger partial charge in [0.25, 0.3) is 10.0 Å². The number of anilines is 1. The van der Waals surface area contributed by atoms with Crippen molar-refractivity contribution in [2.45, 2.75) is 24.8 Å². The minimum Gasteiger partial charge on any atom is -0.449 e. The Labute approximate surface area is 152 Å². The fourth-order valence-electron chi connectivity index (χ4n) is 2.60. The average Bonchev–Trinajstić information content (AvgIpc) is 3.07. The lowest BCUT2D eigenvalue weighted by Crippen LogP contribution is -2.36. The van der Waals surface area contributed by atoms with Gasteiger partial charge in [0.1, 0.15) is 12.0 Å². The Kier molecular flexibility index (Phi) is 5.11. The zero-order chi connectivity index (χ0) is 18.7. The van der Waals surface area contributed by atoms with Gasteiger partial charge < -0.3 is 9.52 Å². The molecule has 6 nitrogen and oxygen atoms in total. The molecule has 0 fully saturated rings. The largest absolute Gasteiger partial charge is 0.449 e. The van der Waals surface area contributed by atoms with Crippen LogP contribution in [0.5, 0.6) is 0 Å². The van der Waals surface area contributed by atoms with Gasteiger partial charge in [0.05, 0.1) is 23.2 Å². The number of hydrogen-bond acceptors (Lipinski definition) is 5. The molecule has 0 bridgehead atoms. The second-order valence-electron chi connectivity index (χ2n) is 6.00. The summed E-state index contributed by atoms with van der Waals surface area (Å²) in [5, 5.41) is 9.76. The lowest BCUT2D eigenvalue weighted by atomic mass is 10.2. The summed E-state index contributed by atoms with van der Waals surface area (Å²) in [4.78, 5) is 4.38. The molecule has 26 heavy (non-hydrogen) atoms. The zero-order valence-corrected chi connectivity index (χ0v) is 15.3. The summed E-state index contributed by atoms with van der Waals surface area (Å²) in [5.74, 6) is 0.545. The number of aliphatic hydroxyl groups is 1. The van der Waals surface area contributed by atoms with Crippen LogP contribution in [0.2, 0.25) is 0 Å². The van der Waals surface area contributed by atoms with E-state index in [-0.39, 0.29) is 11.4 Å². The van der Waals surface area contributed by atoms with Crippen molar-refractivity contribution in [2.24, 2.45) is 0 Å². The van der Waals surface area contributed by atoms with Crippen molar-refractivity contribution in [1.29, 1.82) is 0 Å². The molecule has 2 aromatic carbocycles. The van der Waals surface area contributed by atoms with Gasteiger partial charge in [-0.3, -0.25) is 4.31 Å². The van der Waals surface area contributed by atoms with E-state index in [4.69, 9.17) is 4.42 Å². The number of aryl methyl sites for hydroxylation is 1. The Hall–Kier alpha value is -2.64. The summed E-state index contributed by atoms with van der Waals surface area (Å²) in [5.41, 5.74) is 1.92. The Morgan fingerprint density at radius 3 is 2.31 bits per heavy atom. The van der Waals surface area contributed by atoms with Crippen LogP contribution in [0.4, 0.5) is 5.69 Å². The molecule has 136 valence electrons. The molecule has 0 saturated carbocycles. The van der Waals surface area contributed by atoms with E-state index in [1.807, 2.05) is 6.07 Å². The molecular formula is C19H20N2O4S. The monoisotopic (exact) mass is 372 g/mol. The van der Waals surface area contributed by atoms with Gasteiger partial charge in [0, 0.05) is 12.5 Å². The maximum Gasteiger partial charge on any atom is 0.264 e. The second-order valence-corrected chi connectivity index (χ2v) is 7.86. The van der Waals surface area contributed by atoms with E-state index >= 15 is 0 Å². The van der Waals surface area contributed by atoms with Crippen LogP contribution < -0.4 is 4.31 Å². The predicted octanol–water partition coefficient (Wildman–Crippen LogP) is 3.23. The van der Waals surface area contributed by atoms with Gasteiger partial charge in [0.2, 0.25) is 0 Å². The number of sulfonamides is 1. The van der Waals surface area contributed by atoms with Crippen LogP contribution in [0.15, 0.2) is 70.2 Å². The Balaban J connectivity index is 1.96. The second kappa shape index (κ2) is 7.31. The van der Waals surface area contributed by atoms with Crippen LogP contribution in [-0.4, -0.2) is 31.2 Å². The third kappa shape index (κ3) is 3.79. The first-order valence-electron chi connectivity index (χ1n) is 8.16. The fourth-order valence-corrected chi connectivity index (χ4v) is 4.14. The molecule has 0 amide bonds. The van der Waals surface area contributed by atoms with Crippen LogP contribution in [0.1, 0.15) is 12.8 Å². The molecule has 7 heteroatoms. The van der Waals surface area contributed by atoms with Gasteiger partial charge in [-0.25, -0.2) is 13.4 Å². The Morgan fingerprint density at radius 2 is 1.77 bits per heavy atom. The molecule has 0 radical (unpaired) electrons. The highest BCUT2D eigenvalue weighted by molar-refractivity contribution is 7.92. The predicted molar refractivity (Wildman–Crippen MR) is 99.3 cm³/mol. The molecule has 0 aliphatic rings. The highest BCUT2D eigenvalue weighted by Crippen LogP contribution is 2.26. The first-order chi connectivity index (χ1) is 12.4. The molecule has 0 aliphatic carbocycles. The molecule has 1 heterocycles. The maximum atomic E-state index is 13.1. The van der Waals surface area contributed by atoms with Gasteiger partial charge >= 0.3 is 0 Å². The summed E-state index contributed by atoms with van der Waals surface area (Å²) in [6, 6.07) is 15.2. The molecule has 3 aromatic rings. The number of oxazole rings is 1. The van der Waals surface area contributed by atoms with Crippen LogP contribution in [0, 0.1) is 6.92 Å². The number of benzene rings is 2. The molecule has 0 aliphatic heterocycles. The van der Waals surface area contributed by atoms with Crippen molar-refractivity contribution in [3.63, 3.8) is 0 Å².